The van der Waals surface area contributed by atoms with Crippen LogP contribution in [0.3, 0.4) is 0 Å². The van der Waals surface area contributed by atoms with Crippen LogP contribution < -0.4 is 15.4 Å². The summed E-state index contributed by atoms with van der Waals surface area (Å²) in [5, 5.41) is 10.5. The van der Waals surface area contributed by atoms with E-state index in [4.69, 9.17) is 4.74 Å². The molecule has 27 heavy (non-hydrogen) atoms. The summed E-state index contributed by atoms with van der Waals surface area (Å²) in [6.45, 7) is 1.87. The van der Waals surface area contributed by atoms with E-state index in [0.717, 1.165) is 22.7 Å². The molecule has 0 saturated carbocycles. The fourth-order valence-corrected chi connectivity index (χ4v) is 3.20. The van der Waals surface area contributed by atoms with Gasteiger partial charge in [0.25, 0.3) is 5.91 Å². The average molecular weight is 361 g/mol. The van der Waals surface area contributed by atoms with Crippen LogP contribution in [0.15, 0.2) is 72.2 Å². The molecule has 1 amide bonds. The van der Waals surface area contributed by atoms with Gasteiger partial charge in [-0.3, -0.25) is 4.79 Å². The second-order valence-corrected chi connectivity index (χ2v) is 6.19. The Balaban J connectivity index is 1.75. The van der Waals surface area contributed by atoms with Gasteiger partial charge in [0.1, 0.15) is 18.1 Å². The van der Waals surface area contributed by atoms with Gasteiger partial charge in [0.15, 0.2) is 0 Å². The molecule has 2 aromatic carbocycles. The Morgan fingerprint density at radius 1 is 1.15 bits per heavy atom. The van der Waals surface area contributed by atoms with Crippen molar-refractivity contribution in [3.05, 3.63) is 77.8 Å². The summed E-state index contributed by atoms with van der Waals surface area (Å²) < 4.78 is 6.96. The lowest BCUT2D eigenvalue weighted by Crippen LogP contribution is -2.31. The normalized spacial score (nSPS) is 15.7. The summed E-state index contributed by atoms with van der Waals surface area (Å²) in [5.74, 6) is 1.17. The number of rotatable bonds is 4. The highest BCUT2D eigenvalue weighted by Gasteiger charge is 2.33. The zero-order valence-corrected chi connectivity index (χ0v) is 15.0. The molecular weight excluding hydrogens is 342 g/mol. The first-order valence-corrected chi connectivity index (χ1v) is 8.55. The largest absolute Gasteiger partial charge is 0.497 e. The van der Waals surface area contributed by atoms with Crippen LogP contribution in [0, 0.1) is 0 Å². The van der Waals surface area contributed by atoms with Crippen LogP contribution in [0.5, 0.6) is 5.75 Å². The van der Waals surface area contributed by atoms with Crippen molar-refractivity contribution in [2.24, 2.45) is 0 Å². The van der Waals surface area contributed by atoms with Crippen molar-refractivity contribution in [3.8, 4) is 5.75 Å². The SMILES string of the molecule is COc1ccc(C2C(C(=O)Nc3ccccc3)=C(C)Nc3ncnn32)cc1. The molecule has 4 rings (SSSR count). The number of hydrogen-bond donors (Lipinski definition) is 2. The van der Waals surface area contributed by atoms with E-state index in [1.165, 1.54) is 6.33 Å². The summed E-state index contributed by atoms with van der Waals surface area (Å²) in [5.41, 5.74) is 2.98. The van der Waals surface area contributed by atoms with E-state index in [9.17, 15) is 4.79 Å². The Morgan fingerprint density at radius 3 is 2.59 bits per heavy atom. The zero-order valence-electron chi connectivity index (χ0n) is 15.0. The maximum absolute atomic E-state index is 13.1. The van der Waals surface area contributed by atoms with E-state index in [1.54, 1.807) is 11.8 Å². The third-order valence-electron chi connectivity index (χ3n) is 4.50. The van der Waals surface area contributed by atoms with Crippen LogP contribution in [-0.4, -0.2) is 27.8 Å². The molecule has 1 aliphatic heterocycles. The van der Waals surface area contributed by atoms with Gasteiger partial charge in [-0.2, -0.15) is 10.1 Å². The third-order valence-corrected chi connectivity index (χ3v) is 4.50. The number of amides is 1. The van der Waals surface area contributed by atoms with Crippen molar-refractivity contribution in [1.82, 2.24) is 14.8 Å². The number of aromatic nitrogens is 3. The number of nitrogens with zero attached hydrogens (tertiary/aromatic N) is 3. The smallest absolute Gasteiger partial charge is 0.255 e. The van der Waals surface area contributed by atoms with Gasteiger partial charge in [-0.15, -0.1) is 0 Å². The van der Waals surface area contributed by atoms with E-state index in [0.29, 0.717) is 11.5 Å². The van der Waals surface area contributed by atoms with E-state index in [2.05, 4.69) is 20.7 Å². The topological polar surface area (TPSA) is 81.1 Å². The van der Waals surface area contributed by atoms with Gasteiger partial charge in [-0.25, -0.2) is 4.68 Å². The minimum absolute atomic E-state index is 0.187. The Morgan fingerprint density at radius 2 is 1.89 bits per heavy atom. The average Bonchev–Trinajstić information content (AvgIpc) is 3.15. The molecule has 7 heteroatoms. The molecule has 136 valence electrons. The van der Waals surface area contributed by atoms with Gasteiger partial charge < -0.3 is 15.4 Å². The molecular formula is C20H19N5O2. The van der Waals surface area contributed by atoms with Crippen molar-refractivity contribution >= 4 is 17.5 Å². The number of methoxy groups -OCH3 is 1. The monoisotopic (exact) mass is 361 g/mol. The first-order valence-electron chi connectivity index (χ1n) is 8.55. The van der Waals surface area contributed by atoms with E-state index in [-0.39, 0.29) is 5.91 Å². The Bertz CT molecular complexity index is 993. The number of carbonyl (C=O) groups excluding carboxylic acids is 1. The third kappa shape index (κ3) is 3.15. The number of allylic oxidation sites excluding steroid dienone is 1. The second kappa shape index (κ2) is 6.95. The van der Waals surface area contributed by atoms with Crippen molar-refractivity contribution in [1.29, 1.82) is 0 Å². The molecule has 0 spiro atoms. The number of carbonyl (C=O) groups is 1. The van der Waals surface area contributed by atoms with Crippen molar-refractivity contribution < 1.29 is 9.53 Å². The predicted octanol–water partition coefficient (Wildman–Crippen LogP) is 3.21. The lowest BCUT2D eigenvalue weighted by Gasteiger charge is -2.28. The molecule has 0 bridgehead atoms. The molecule has 2 heterocycles. The number of benzene rings is 2. The Kier molecular flexibility index (Phi) is 4.33. The molecule has 0 fully saturated rings. The van der Waals surface area contributed by atoms with E-state index in [1.807, 2.05) is 61.5 Å². The van der Waals surface area contributed by atoms with Gasteiger partial charge in [0, 0.05) is 11.4 Å². The maximum atomic E-state index is 13.1. The summed E-state index contributed by atoms with van der Waals surface area (Å²) in [7, 11) is 1.62. The molecule has 0 aliphatic carbocycles. The van der Waals surface area contributed by atoms with Gasteiger partial charge in [0.05, 0.1) is 12.7 Å². The van der Waals surface area contributed by atoms with Gasteiger partial charge in [0.2, 0.25) is 5.95 Å². The predicted molar refractivity (Wildman–Crippen MR) is 103 cm³/mol. The molecule has 0 radical (unpaired) electrons. The van der Waals surface area contributed by atoms with Gasteiger partial charge in [-0.1, -0.05) is 30.3 Å². The number of ether oxygens (including phenoxy) is 1. The number of nitrogens with one attached hydrogen (secondary N) is 2. The zero-order chi connectivity index (χ0) is 18.8. The van der Waals surface area contributed by atoms with Crippen LogP contribution in [-0.2, 0) is 4.79 Å². The molecule has 1 unspecified atom stereocenters. The Labute approximate surface area is 156 Å². The summed E-state index contributed by atoms with van der Waals surface area (Å²) >= 11 is 0. The van der Waals surface area contributed by atoms with Crippen LogP contribution in [0.25, 0.3) is 0 Å². The number of anilines is 2. The van der Waals surface area contributed by atoms with Crippen LogP contribution in [0.1, 0.15) is 18.5 Å². The number of fused-ring (bicyclic) bond motifs is 1. The fourth-order valence-electron chi connectivity index (χ4n) is 3.20. The standard InChI is InChI=1S/C20H19N5O2/c1-13-17(19(26)24-15-6-4-3-5-7-15)18(25-20(23-13)21-12-22-25)14-8-10-16(27-2)11-9-14/h3-12,18H,1-2H3,(H,24,26)(H,21,22,23). The molecule has 3 aromatic rings. The highest BCUT2D eigenvalue weighted by atomic mass is 16.5. The quantitative estimate of drug-likeness (QED) is 0.746. The first-order chi connectivity index (χ1) is 13.2. The summed E-state index contributed by atoms with van der Waals surface area (Å²) in [6, 6.07) is 16.6. The van der Waals surface area contributed by atoms with Crippen LogP contribution >= 0.6 is 0 Å². The van der Waals surface area contributed by atoms with Crippen molar-refractivity contribution in [3.63, 3.8) is 0 Å². The summed E-state index contributed by atoms with van der Waals surface area (Å²) in [6.07, 6.45) is 1.48. The first kappa shape index (κ1) is 16.8. The van der Waals surface area contributed by atoms with E-state index >= 15 is 0 Å². The Hall–Kier alpha value is -3.61. The van der Waals surface area contributed by atoms with Crippen molar-refractivity contribution in [2.45, 2.75) is 13.0 Å². The second-order valence-electron chi connectivity index (χ2n) is 6.19. The minimum atomic E-state index is -0.390. The molecule has 1 aromatic heterocycles. The molecule has 1 atom stereocenters. The van der Waals surface area contributed by atoms with Gasteiger partial charge in [-0.05, 0) is 36.8 Å². The molecule has 1 aliphatic rings. The lowest BCUT2D eigenvalue weighted by atomic mass is 9.95. The summed E-state index contributed by atoms with van der Waals surface area (Å²) in [4.78, 5) is 17.4. The fraction of sp³-hybridized carbons (Fsp3) is 0.150. The maximum Gasteiger partial charge on any atom is 0.255 e. The van der Waals surface area contributed by atoms with Crippen LogP contribution in [0.2, 0.25) is 0 Å². The molecule has 2 N–H and O–H groups in total. The highest BCUT2D eigenvalue weighted by molar-refractivity contribution is 6.06. The van der Waals surface area contributed by atoms with E-state index < -0.39 is 6.04 Å². The molecule has 7 nitrogen and oxygen atoms in total. The highest BCUT2D eigenvalue weighted by Crippen LogP contribution is 2.35. The number of para-hydroxylation sites is 1. The molecule has 0 saturated heterocycles. The van der Waals surface area contributed by atoms with Crippen LogP contribution in [0.4, 0.5) is 11.6 Å². The lowest BCUT2D eigenvalue weighted by molar-refractivity contribution is -0.113. The van der Waals surface area contributed by atoms with Gasteiger partial charge >= 0.3 is 0 Å². The number of hydrogen-bond acceptors (Lipinski definition) is 5. The minimum Gasteiger partial charge on any atom is -0.497 e. The van der Waals surface area contributed by atoms with Crippen molar-refractivity contribution in [2.75, 3.05) is 17.7 Å².